The zero-order chi connectivity index (χ0) is 12.3. The second-order valence-corrected chi connectivity index (χ2v) is 3.38. The van der Waals surface area contributed by atoms with Crippen molar-refractivity contribution in [1.29, 1.82) is 0 Å². The highest BCUT2D eigenvalue weighted by Gasteiger charge is 2.43. The summed E-state index contributed by atoms with van der Waals surface area (Å²) in [5.41, 5.74) is 0. The fourth-order valence-corrected chi connectivity index (χ4v) is 1.37. The monoisotopic (exact) mass is 241 g/mol. The lowest BCUT2D eigenvalue weighted by atomic mass is 9.91. The van der Waals surface area contributed by atoms with E-state index in [0.717, 1.165) is 19.5 Å². The van der Waals surface area contributed by atoms with E-state index in [4.69, 9.17) is 14.6 Å². The van der Waals surface area contributed by atoms with Crippen LogP contribution < -0.4 is 5.32 Å². The largest absolute Gasteiger partial charge is 0.490 e. The van der Waals surface area contributed by atoms with E-state index in [1.165, 1.54) is 0 Å². The highest BCUT2D eigenvalue weighted by atomic mass is 19.4. The molecule has 2 rings (SSSR count). The van der Waals surface area contributed by atoms with Crippen molar-refractivity contribution in [3.8, 4) is 0 Å². The van der Waals surface area contributed by atoms with E-state index in [-0.39, 0.29) is 18.0 Å². The molecule has 2 N–H and O–H groups in total. The zero-order valence-corrected chi connectivity index (χ0v) is 8.08. The van der Waals surface area contributed by atoms with Crippen LogP contribution in [0.3, 0.4) is 0 Å². The van der Waals surface area contributed by atoms with Crippen LogP contribution in [-0.4, -0.2) is 42.4 Å². The maximum Gasteiger partial charge on any atom is 0.490 e. The van der Waals surface area contributed by atoms with Crippen molar-refractivity contribution in [2.45, 2.75) is 18.7 Å². The van der Waals surface area contributed by atoms with E-state index in [1.54, 1.807) is 0 Å². The first-order valence-electron chi connectivity index (χ1n) is 4.53. The number of carbonyl (C=O) groups excluding carboxylic acids is 1. The lowest BCUT2D eigenvalue weighted by Gasteiger charge is -2.38. The van der Waals surface area contributed by atoms with Gasteiger partial charge in [-0.15, -0.1) is 0 Å². The van der Waals surface area contributed by atoms with Crippen molar-refractivity contribution < 1.29 is 32.6 Å². The molecule has 0 spiro atoms. The number of carboxylic acids is 1. The maximum absolute atomic E-state index is 10.6. The van der Waals surface area contributed by atoms with Gasteiger partial charge in [0.2, 0.25) is 0 Å². The molecule has 0 aliphatic carbocycles. The Labute approximate surface area is 88.6 Å². The van der Waals surface area contributed by atoms with Gasteiger partial charge in [0, 0.05) is 6.54 Å². The van der Waals surface area contributed by atoms with Crippen LogP contribution in [0, 0.1) is 5.92 Å². The molecule has 0 aromatic carbocycles. The van der Waals surface area contributed by atoms with Gasteiger partial charge in [-0.05, 0) is 13.0 Å². The molecule has 0 radical (unpaired) electrons. The minimum absolute atomic E-state index is 0.0211. The lowest BCUT2D eigenvalue weighted by Crippen LogP contribution is -2.54. The van der Waals surface area contributed by atoms with E-state index in [2.05, 4.69) is 5.32 Å². The van der Waals surface area contributed by atoms with Crippen LogP contribution in [0.4, 0.5) is 13.2 Å². The van der Waals surface area contributed by atoms with Gasteiger partial charge < -0.3 is 15.2 Å². The number of esters is 1. The summed E-state index contributed by atoms with van der Waals surface area (Å²) in [4.78, 5) is 19.5. The second-order valence-electron chi connectivity index (χ2n) is 3.38. The van der Waals surface area contributed by atoms with Crippen molar-refractivity contribution in [2.24, 2.45) is 5.92 Å². The van der Waals surface area contributed by atoms with Gasteiger partial charge in [0.05, 0.1) is 0 Å². The third-order valence-electron chi connectivity index (χ3n) is 2.23. The van der Waals surface area contributed by atoms with Gasteiger partial charge >= 0.3 is 18.1 Å². The molecular weight excluding hydrogens is 231 g/mol. The third-order valence-corrected chi connectivity index (χ3v) is 2.23. The van der Waals surface area contributed by atoms with E-state index < -0.39 is 12.1 Å². The average molecular weight is 241 g/mol. The smallest absolute Gasteiger partial charge is 0.475 e. The average Bonchev–Trinajstić information content (AvgIpc) is 2.16. The number of carbonyl (C=O) groups is 2. The fraction of sp³-hybridized carbons (Fsp3) is 0.750. The molecule has 2 heterocycles. The number of piperidine rings is 1. The molecule has 16 heavy (non-hydrogen) atoms. The Hall–Kier alpha value is -1.31. The van der Waals surface area contributed by atoms with Crippen molar-refractivity contribution in [1.82, 2.24) is 5.32 Å². The Morgan fingerprint density at radius 3 is 2.38 bits per heavy atom. The molecule has 2 saturated heterocycles. The molecule has 0 aromatic heterocycles. The molecule has 0 saturated carbocycles. The minimum atomic E-state index is -5.08. The Bertz CT molecular complexity index is 291. The number of hydrogen-bond acceptors (Lipinski definition) is 4. The first kappa shape index (κ1) is 12.8. The Balaban J connectivity index is 0.000000168. The number of aliphatic carboxylic acids is 1. The van der Waals surface area contributed by atoms with E-state index in [1.807, 2.05) is 0 Å². The number of rotatable bonds is 0. The SMILES string of the molecule is O=C(O)C(F)(F)F.O=C1O[C@@H]2CCNC[C@H]12. The zero-order valence-electron chi connectivity index (χ0n) is 8.08. The Kier molecular flexibility index (Phi) is 3.74. The normalized spacial score (nSPS) is 27.8. The molecule has 0 aromatic rings. The quantitative estimate of drug-likeness (QED) is 0.590. The number of nitrogens with one attached hydrogen (secondary N) is 1. The van der Waals surface area contributed by atoms with E-state index in [0.29, 0.717) is 0 Å². The molecular formula is C8H10F3NO4. The summed E-state index contributed by atoms with van der Waals surface area (Å²) >= 11 is 0. The van der Waals surface area contributed by atoms with Crippen LogP contribution in [0.2, 0.25) is 0 Å². The van der Waals surface area contributed by atoms with Crippen LogP contribution in [0.25, 0.3) is 0 Å². The summed E-state index contributed by atoms with van der Waals surface area (Å²) < 4.78 is 36.6. The summed E-state index contributed by atoms with van der Waals surface area (Å²) in [7, 11) is 0. The number of carboxylic acid groups (broad SMARTS) is 1. The summed E-state index contributed by atoms with van der Waals surface area (Å²) in [5.74, 6) is -2.60. The molecule has 0 unspecified atom stereocenters. The molecule has 2 atom stereocenters. The van der Waals surface area contributed by atoms with Gasteiger partial charge in [0.1, 0.15) is 12.0 Å². The van der Waals surface area contributed by atoms with E-state index in [9.17, 15) is 18.0 Å². The first-order chi connectivity index (χ1) is 7.32. The van der Waals surface area contributed by atoms with Gasteiger partial charge in [-0.25, -0.2) is 4.79 Å². The van der Waals surface area contributed by atoms with Gasteiger partial charge in [0.15, 0.2) is 0 Å². The topological polar surface area (TPSA) is 75.6 Å². The summed E-state index contributed by atoms with van der Waals surface area (Å²) in [5, 5.41) is 10.3. The number of hydrogen-bond donors (Lipinski definition) is 2. The maximum atomic E-state index is 10.6. The van der Waals surface area contributed by atoms with Crippen molar-refractivity contribution >= 4 is 11.9 Å². The van der Waals surface area contributed by atoms with Crippen LogP contribution in [0.1, 0.15) is 6.42 Å². The Morgan fingerprint density at radius 1 is 1.50 bits per heavy atom. The predicted molar refractivity (Wildman–Crippen MR) is 44.5 cm³/mol. The van der Waals surface area contributed by atoms with Crippen LogP contribution >= 0.6 is 0 Å². The van der Waals surface area contributed by atoms with E-state index >= 15 is 0 Å². The Morgan fingerprint density at radius 2 is 2.06 bits per heavy atom. The number of alkyl halides is 3. The van der Waals surface area contributed by atoms with Gasteiger partial charge in [-0.3, -0.25) is 4.79 Å². The third kappa shape index (κ3) is 3.09. The fourth-order valence-electron chi connectivity index (χ4n) is 1.37. The van der Waals surface area contributed by atoms with Crippen LogP contribution in [0.5, 0.6) is 0 Å². The summed E-state index contributed by atoms with van der Waals surface area (Å²) in [6.07, 6.45) is -3.84. The van der Waals surface area contributed by atoms with Crippen molar-refractivity contribution in [3.05, 3.63) is 0 Å². The van der Waals surface area contributed by atoms with Gasteiger partial charge in [-0.2, -0.15) is 13.2 Å². The second kappa shape index (κ2) is 4.69. The molecule has 2 fully saturated rings. The number of halogens is 3. The molecule has 2 aliphatic heterocycles. The predicted octanol–water partition coefficient (Wildman–Crippen LogP) is 0.155. The molecule has 92 valence electrons. The molecule has 8 heteroatoms. The summed E-state index contributed by atoms with van der Waals surface area (Å²) in [6.45, 7) is 1.82. The molecule has 2 aliphatic rings. The molecule has 0 amide bonds. The van der Waals surface area contributed by atoms with Crippen LogP contribution in [-0.2, 0) is 14.3 Å². The standard InChI is InChI=1S/C6H9NO2.C2HF3O2/c8-6-4-3-7-2-1-5(4)9-6;3-2(4,5)1(6)7/h4-5,7H,1-3H2;(H,6,7)/t4-,5+;/m0./s1. The number of fused-ring (bicyclic) bond motifs is 1. The van der Waals surface area contributed by atoms with Crippen molar-refractivity contribution in [3.63, 3.8) is 0 Å². The first-order valence-corrected chi connectivity index (χ1v) is 4.53. The minimum Gasteiger partial charge on any atom is -0.475 e. The molecule has 0 bridgehead atoms. The van der Waals surface area contributed by atoms with Gasteiger partial charge in [-0.1, -0.05) is 0 Å². The highest BCUT2D eigenvalue weighted by molar-refractivity contribution is 5.79. The molecule has 5 nitrogen and oxygen atoms in total. The number of ether oxygens (including phenoxy) is 1. The highest BCUT2D eigenvalue weighted by Crippen LogP contribution is 2.26. The van der Waals surface area contributed by atoms with Crippen molar-refractivity contribution in [2.75, 3.05) is 13.1 Å². The van der Waals surface area contributed by atoms with Gasteiger partial charge in [0.25, 0.3) is 0 Å². The summed E-state index contributed by atoms with van der Waals surface area (Å²) in [6, 6.07) is 0. The lowest BCUT2D eigenvalue weighted by molar-refractivity contribution is -0.192. The van der Waals surface area contributed by atoms with Crippen LogP contribution in [0.15, 0.2) is 0 Å².